The second-order valence-corrected chi connectivity index (χ2v) is 3.88. The molecule has 0 aromatic carbocycles. The van der Waals surface area contributed by atoms with E-state index in [1.54, 1.807) is 7.11 Å². The third-order valence-electron chi connectivity index (χ3n) is 2.77. The summed E-state index contributed by atoms with van der Waals surface area (Å²) in [7, 11) is 1.73. The number of aliphatic hydroxyl groups is 1. The van der Waals surface area contributed by atoms with Crippen molar-refractivity contribution in [3.05, 3.63) is 0 Å². The summed E-state index contributed by atoms with van der Waals surface area (Å²) in [6.07, 6.45) is 7.60. The minimum absolute atomic E-state index is 0.312. The van der Waals surface area contributed by atoms with Crippen LogP contribution in [0.2, 0.25) is 0 Å². The van der Waals surface area contributed by atoms with Crippen LogP contribution < -0.4 is 0 Å². The fourth-order valence-corrected chi connectivity index (χ4v) is 1.98. The van der Waals surface area contributed by atoms with Crippen LogP contribution in [0.4, 0.5) is 0 Å². The standard InChI is InChI=1S/C10H20O2/c1-12-9-5-4-8-10(11)6-2-3-7-10/h11H,2-9H2,1H3. The summed E-state index contributed by atoms with van der Waals surface area (Å²) in [6.45, 7) is 0.829. The first-order valence-electron chi connectivity index (χ1n) is 4.98. The van der Waals surface area contributed by atoms with Gasteiger partial charge in [-0.05, 0) is 32.1 Å². The highest BCUT2D eigenvalue weighted by molar-refractivity contribution is 4.83. The van der Waals surface area contributed by atoms with Crippen molar-refractivity contribution >= 4 is 0 Å². The van der Waals surface area contributed by atoms with Gasteiger partial charge in [0.2, 0.25) is 0 Å². The first kappa shape index (κ1) is 10.0. The molecule has 1 fully saturated rings. The molecule has 0 aliphatic heterocycles. The lowest BCUT2D eigenvalue weighted by Crippen LogP contribution is -2.23. The van der Waals surface area contributed by atoms with E-state index in [0.717, 1.165) is 38.7 Å². The Hall–Kier alpha value is -0.0800. The average molecular weight is 172 g/mol. The summed E-state index contributed by atoms with van der Waals surface area (Å²) in [5.41, 5.74) is -0.312. The highest BCUT2D eigenvalue weighted by Crippen LogP contribution is 2.33. The van der Waals surface area contributed by atoms with Gasteiger partial charge < -0.3 is 9.84 Å². The zero-order chi connectivity index (χ0) is 8.86. The maximum absolute atomic E-state index is 9.95. The van der Waals surface area contributed by atoms with Gasteiger partial charge in [-0.25, -0.2) is 0 Å². The molecular weight excluding hydrogens is 152 g/mol. The Bertz CT molecular complexity index is 117. The monoisotopic (exact) mass is 172 g/mol. The lowest BCUT2D eigenvalue weighted by atomic mass is 9.95. The molecule has 0 amide bonds. The van der Waals surface area contributed by atoms with Crippen molar-refractivity contribution in [1.82, 2.24) is 0 Å². The number of hydrogen-bond acceptors (Lipinski definition) is 2. The third kappa shape index (κ3) is 3.11. The summed E-state index contributed by atoms with van der Waals surface area (Å²) in [6, 6.07) is 0. The lowest BCUT2D eigenvalue weighted by Gasteiger charge is -2.21. The van der Waals surface area contributed by atoms with E-state index in [1.807, 2.05) is 0 Å². The fourth-order valence-electron chi connectivity index (χ4n) is 1.98. The molecule has 0 unspecified atom stereocenters. The summed E-state index contributed by atoms with van der Waals surface area (Å²) in [4.78, 5) is 0. The number of hydrogen-bond donors (Lipinski definition) is 1. The second kappa shape index (κ2) is 4.83. The number of rotatable bonds is 5. The van der Waals surface area contributed by atoms with Crippen molar-refractivity contribution in [2.45, 2.75) is 50.5 Å². The minimum atomic E-state index is -0.312. The molecule has 2 heteroatoms. The molecule has 0 atom stereocenters. The Labute approximate surface area is 74.9 Å². The Kier molecular flexibility index (Phi) is 4.02. The topological polar surface area (TPSA) is 29.5 Å². The maximum Gasteiger partial charge on any atom is 0.0647 e. The Morgan fingerprint density at radius 1 is 1.25 bits per heavy atom. The van der Waals surface area contributed by atoms with E-state index in [0.29, 0.717) is 0 Å². The molecular formula is C10H20O2. The van der Waals surface area contributed by atoms with Crippen molar-refractivity contribution in [2.24, 2.45) is 0 Å². The Balaban J connectivity index is 2.05. The SMILES string of the molecule is COCCCCC1(O)CCCC1. The van der Waals surface area contributed by atoms with Gasteiger partial charge in [0.15, 0.2) is 0 Å². The molecule has 1 aliphatic carbocycles. The molecule has 0 radical (unpaired) electrons. The quantitative estimate of drug-likeness (QED) is 0.643. The van der Waals surface area contributed by atoms with Gasteiger partial charge in [0.1, 0.15) is 0 Å². The lowest BCUT2D eigenvalue weighted by molar-refractivity contribution is 0.0343. The molecule has 1 rings (SSSR count). The molecule has 0 bridgehead atoms. The van der Waals surface area contributed by atoms with Crippen molar-refractivity contribution in [3.63, 3.8) is 0 Å². The highest BCUT2D eigenvalue weighted by Gasteiger charge is 2.29. The van der Waals surface area contributed by atoms with E-state index in [4.69, 9.17) is 4.74 Å². The average Bonchev–Trinajstić information content (AvgIpc) is 2.47. The van der Waals surface area contributed by atoms with Gasteiger partial charge in [-0.2, -0.15) is 0 Å². The molecule has 1 N–H and O–H groups in total. The number of ether oxygens (including phenoxy) is 1. The highest BCUT2D eigenvalue weighted by atomic mass is 16.5. The van der Waals surface area contributed by atoms with E-state index in [1.165, 1.54) is 12.8 Å². The Morgan fingerprint density at radius 3 is 2.50 bits per heavy atom. The number of methoxy groups -OCH3 is 1. The summed E-state index contributed by atoms with van der Waals surface area (Å²) in [5.74, 6) is 0. The van der Waals surface area contributed by atoms with Crippen LogP contribution in [0.5, 0.6) is 0 Å². The zero-order valence-corrected chi connectivity index (χ0v) is 8.01. The van der Waals surface area contributed by atoms with Crippen LogP contribution in [0.15, 0.2) is 0 Å². The van der Waals surface area contributed by atoms with Crippen molar-refractivity contribution in [3.8, 4) is 0 Å². The molecule has 2 nitrogen and oxygen atoms in total. The van der Waals surface area contributed by atoms with Crippen LogP contribution >= 0.6 is 0 Å². The normalized spacial score (nSPS) is 21.5. The van der Waals surface area contributed by atoms with Crippen molar-refractivity contribution in [2.75, 3.05) is 13.7 Å². The zero-order valence-electron chi connectivity index (χ0n) is 8.01. The smallest absolute Gasteiger partial charge is 0.0647 e. The third-order valence-corrected chi connectivity index (χ3v) is 2.77. The largest absolute Gasteiger partial charge is 0.390 e. The number of unbranched alkanes of at least 4 members (excludes halogenated alkanes) is 1. The second-order valence-electron chi connectivity index (χ2n) is 3.88. The summed E-state index contributed by atoms with van der Waals surface area (Å²) < 4.78 is 4.96. The maximum atomic E-state index is 9.95. The van der Waals surface area contributed by atoms with Crippen LogP contribution in [-0.4, -0.2) is 24.4 Å². The molecule has 0 aromatic heterocycles. The molecule has 0 saturated heterocycles. The van der Waals surface area contributed by atoms with E-state index in [9.17, 15) is 5.11 Å². The molecule has 1 saturated carbocycles. The van der Waals surface area contributed by atoms with Crippen LogP contribution in [0, 0.1) is 0 Å². The minimum Gasteiger partial charge on any atom is -0.390 e. The first-order chi connectivity index (χ1) is 5.77. The summed E-state index contributed by atoms with van der Waals surface area (Å²) in [5, 5.41) is 9.95. The van der Waals surface area contributed by atoms with Crippen LogP contribution in [0.1, 0.15) is 44.9 Å². The van der Waals surface area contributed by atoms with Gasteiger partial charge in [0.25, 0.3) is 0 Å². The molecule has 72 valence electrons. The summed E-state index contributed by atoms with van der Waals surface area (Å²) >= 11 is 0. The fraction of sp³-hybridized carbons (Fsp3) is 1.00. The van der Waals surface area contributed by atoms with Gasteiger partial charge in [-0.3, -0.25) is 0 Å². The van der Waals surface area contributed by atoms with Gasteiger partial charge in [0.05, 0.1) is 5.60 Å². The van der Waals surface area contributed by atoms with E-state index >= 15 is 0 Å². The molecule has 12 heavy (non-hydrogen) atoms. The predicted molar refractivity (Wildman–Crippen MR) is 49.1 cm³/mol. The first-order valence-corrected chi connectivity index (χ1v) is 4.98. The molecule has 0 spiro atoms. The predicted octanol–water partition coefficient (Wildman–Crippen LogP) is 2.11. The van der Waals surface area contributed by atoms with Crippen molar-refractivity contribution < 1.29 is 9.84 Å². The Morgan fingerprint density at radius 2 is 1.92 bits per heavy atom. The molecule has 1 aliphatic rings. The van der Waals surface area contributed by atoms with Crippen LogP contribution in [0.25, 0.3) is 0 Å². The van der Waals surface area contributed by atoms with Crippen LogP contribution in [-0.2, 0) is 4.74 Å². The van der Waals surface area contributed by atoms with Crippen molar-refractivity contribution in [1.29, 1.82) is 0 Å². The molecule has 0 aromatic rings. The van der Waals surface area contributed by atoms with Gasteiger partial charge >= 0.3 is 0 Å². The van der Waals surface area contributed by atoms with Gasteiger partial charge in [0, 0.05) is 13.7 Å². The van der Waals surface area contributed by atoms with E-state index in [-0.39, 0.29) is 5.60 Å². The van der Waals surface area contributed by atoms with Gasteiger partial charge in [-0.1, -0.05) is 12.8 Å². The van der Waals surface area contributed by atoms with Gasteiger partial charge in [-0.15, -0.1) is 0 Å². The van der Waals surface area contributed by atoms with E-state index < -0.39 is 0 Å². The van der Waals surface area contributed by atoms with E-state index in [2.05, 4.69) is 0 Å². The molecule has 0 heterocycles. The van der Waals surface area contributed by atoms with Crippen LogP contribution in [0.3, 0.4) is 0 Å².